The van der Waals surface area contributed by atoms with E-state index < -0.39 is 30.4 Å². The van der Waals surface area contributed by atoms with Crippen molar-refractivity contribution in [3.05, 3.63) is 71.9 Å². The molecule has 8 heteroatoms. The molecule has 0 spiro atoms. The normalized spacial score (nSPS) is 10.4. The molecular formula is C21H18N2O6. The van der Waals surface area contributed by atoms with Crippen molar-refractivity contribution < 1.29 is 28.7 Å². The van der Waals surface area contributed by atoms with Crippen LogP contribution in [0.5, 0.6) is 0 Å². The third-order valence-electron chi connectivity index (χ3n) is 4.15. The predicted octanol–water partition coefficient (Wildman–Crippen LogP) is 1.93. The van der Waals surface area contributed by atoms with Crippen LogP contribution in [0, 0.1) is 0 Å². The van der Waals surface area contributed by atoms with Gasteiger partial charge in [-0.05, 0) is 18.2 Å². The van der Waals surface area contributed by atoms with Gasteiger partial charge >= 0.3 is 11.9 Å². The molecule has 0 saturated heterocycles. The quantitative estimate of drug-likeness (QED) is 0.641. The van der Waals surface area contributed by atoms with Crippen LogP contribution in [0.25, 0.3) is 10.9 Å². The second-order valence-corrected chi connectivity index (χ2v) is 6.08. The van der Waals surface area contributed by atoms with E-state index in [-0.39, 0.29) is 6.54 Å². The summed E-state index contributed by atoms with van der Waals surface area (Å²) in [5.41, 5.74) is 1.29. The fraction of sp³-hybridized carbons (Fsp3) is 0.143. The maximum atomic E-state index is 12.1. The summed E-state index contributed by atoms with van der Waals surface area (Å²) >= 11 is 0. The van der Waals surface area contributed by atoms with E-state index in [1.165, 1.54) is 17.9 Å². The van der Waals surface area contributed by atoms with Crippen LogP contribution in [0.3, 0.4) is 0 Å². The SMILES string of the molecule is COC(=O)c1cn(CC(=O)OCC(=O)NC(=O)c2ccccc2)c2ccccc12. The molecule has 0 unspecified atom stereocenters. The fourth-order valence-corrected chi connectivity index (χ4v) is 2.81. The lowest BCUT2D eigenvalue weighted by molar-refractivity contribution is -0.148. The predicted molar refractivity (Wildman–Crippen MR) is 103 cm³/mol. The number of rotatable bonds is 6. The molecule has 0 fully saturated rings. The lowest BCUT2D eigenvalue weighted by atomic mass is 10.2. The molecule has 2 amide bonds. The Kier molecular flexibility index (Phi) is 6.03. The van der Waals surface area contributed by atoms with Gasteiger partial charge in [0.25, 0.3) is 11.8 Å². The number of fused-ring (bicyclic) bond motifs is 1. The Morgan fingerprint density at radius 3 is 2.38 bits per heavy atom. The first-order valence-corrected chi connectivity index (χ1v) is 8.70. The molecule has 1 aromatic heterocycles. The lowest BCUT2D eigenvalue weighted by Crippen LogP contribution is -2.34. The number of carbonyl (C=O) groups excluding carboxylic acids is 4. The van der Waals surface area contributed by atoms with E-state index in [9.17, 15) is 19.2 Å². The zero-order valence-corrected chi connectivity index (χ0v) is 15.6. The van der Waals surface area contributed by atoms with E-state index in [0.29, 0.717) is 22.0 Å². The van der Waals surface area contributed by atoms with Gasteiger partial charge < -0.3 is 14.0 Å². The highest BCUT2D eigenvalue weighted by Crippen LogP contribution is 2.22. The smallest absolute Gasteiger partial charge is 0.340 e. The molecule has 2 aromatic carbocycles. The maximum Gasteiger partial charge on any atom is 0.340 e. The first-order chi connectivity index (χ1) is 14.0. The number of methoxy groups -OCH3 is 1. The molecule has 3 aromatic rings. The summed E-state index contributed by atoms with van der Waals surface area (Å²) in [4.78, 5) is 47.8. The molecule has 0 aliphatic heterocycles. The van der Waals surface area contributed by atoms with Gasteiger partial charge in [-0.3, -0.25) is 19.7 Å². The van der Waals surface area contributed by atoms with E-state index >= 15 is 0 Å². The Hall–Kier alpha value is -3.94. The Bertz CT molecular complexity index is 1070. The van der Waals surface area contributed by atoms with Crippen LogP contribution in [-0.2, 0) is 25.6 Å². The summed E-state index contributed by atoms with van der Waals surface area (Å²) in [7, 11) is 1.28. The third kappa shape index (κ3) is 4.67. The topological polar surface area (TPSA) is 104 Å². The number of nitrogens with zero attached hydrogens (tertiary/aromatic N) is 1. The minimum Gasteiger partial charge on any atom is -0.465 e. The minimum absolute atomic E-state index is 0.211. The first-order valence-electron chi connectivity index (χ1n) is 8.70. The number of hydrogen-bond donors (Lipinski definition) is 1. The molecule has 1 heterocycles. The summed E-state index contributed by atoms with van der Waals surface area (Å²) < 4.78 is 11.2. The Morgan fingerprint density at radius 2 is 1.66 bits per heavy atom. The monoisotopic (exact) mass is 394 g/mol. The molecule has 1 N–H and O–H groups in total. The van der Waals surface area contributed by atoms with Crippen LogP contribution in [0.15, 0.2) is 60.8 Å². The number of ether oxygens (including phenoxy) is 2. The van der Waals surface area contributed by atoms with E-state index in [4.69, 9.17) is 9.47 Å². The Morgan fingerprint density at radius 1 is 0.966 bits per heavy atom. The second-order valence-electron chi connectivity index (χ2n) is 6.08. The molecule has 0 saturated carbocycles. The van der Waals surface area contributed by atoms with Gasteiger partial charge in [-0.25, -0.2) is 4.79 Å². The van der Waals surface area contributed by atoms with Gasteiger partial charge in [0, 0.05) is 22.7 Å². The number of benzene rings is 2. The van der Waals surface area contributed by atoms with Crippen LogP contribution < -0.4 is 5.32 Å². The maximum absolute atomic E-state index is 12.1. The molecule has 0 atom stereocenters. The number of hydrogen-bond acceptors (Lipinski definition) is 6. The summed E-state index contributed by atoms with van der Waals surface area (Å²) in [5.74, 6) is -2.53. The summed E-state index contributed by atoms with van der Waals surface area (Å²) in [6, 6.07) is 15.2. The molecule has 0 aliphatic carbocycles. The van der Waals surface area contributed by atoms with Gasteiger partial charge in [0.1, 0.15) is 6.54 Å². The summed E-state index contributed by atoms with van der Waals surface area (Å²) in [6.07, 6.45) is 1.50. The number of para-hydroxylation sites is 1. The molecule has 148 valence electrons. The van der Waals surface area contributed by atoms with Crippen molar-refractivity contribution in [1.29, 1.82) is 0 Å². The molecule has 0 radical (unpaired) electrons. The van der Waals surface area contributed by atoms with Crippen molar-refractivity contribution >= 4 is 34.7 Å². The number of esters is 2. The van der Waals surface area contributed by atoms with Crippen molar-refractivity contribution in [3.63, 3.8) is 0 Å². The Balaban J connectivity index is 1.60. The average molecular weight is 394 g/mol. The number of carbonyl (C=O) groups is 4. The van der Waals surface area contributed by atoms with Crippen molar-refractivity contribution in [2.24, 2.45) is 0 Å². The van der Waals surface area contributed by atoms with Gasteiger partial charge in [-0.15, -0.1) is 0 Å². The van der Waals surface area contributed by atoms with Gasteiger partial charge in [-0.2, -0.15) is 0 Å². The van der Waals surface area contributed by atoms with Crippen molar-refractivity contribution in [1.82, 2.24) is 9.88 Å². The standard InChI is InChI=1S/C21H18N2O6/c1-28-21(27)16-11-23(17-10-6-5-9-15(16)17)12-19(25)29-13-18(24)22-20(26)14-7-3-2-4-8-14/h2-11H,12-13H2,1H3,(H,22,24,26). The van der Waals surface area contributed by atoms with E-state index in [2.05, 4.69) is 5.32 Å². The Labute approximate surface area is 166 Å². The zero-order chi connectivity index (χ0) is 20.8. The highest BCUT2D eigenvalue weighted by Gasteiger charge is 2.18. The lowest BCUT2D eigenvalue weighted by Gasteiger charge is -2.07. The molecule has 0 aliphatic rings. The van der Waals surface area contributed by atoms with Crippen molar-refractivity contribution in [2.75, 3.05) is 13.7 Å². The van der Waals surface area contributed by atoms with Crippen molar-refractivity contribution in [3.8, 4) is 0 Å². The number of nitrogens with one attached hydrogen (secondary N) is 1. The van der Waals surface area contributed by atoms with E-state index in [1.54, 1.807) is 54.6 Å². The zero-order valence-electron chi connectivity index (χ0n) is 15.6. The summed E-state index contributed by atoms with van der Waals surface area (Å²) in [5, 5.41) is 2.79. The van der Waals surface area contributed by atoms with Crippen LogP contribution in [0.4, 0.5) is 0 Å². The number of amides is 2. The highest BCUT2D eigenvalue weighted by molar-refractivity contribution is 6.05. The van der Waals surface area contributed by atoms with Crippen molar-refractivity contribution in [2.45, 2.75) is 6.54 Å². The first kappa shape index (κ1) is 19.8. The van der Waals surface area contributed by atoms with Crippen LogP contribution >= 0.6 is 0 Å². The average Bonchev–Trinajstić information content (AvgIpc) is 3.11. The molecule has 0 bridgehead atoms. The van der Waals surface area contributed by atoms with Gasteiger partial charge in [-0.1, -0.05) is 36.4 Å². The van der Waals surface area contributed by atoms with Gasteiger partial charge in [0.2, 0.25) is 0 Å². The summed E-state index contributed by atoms with van der Waals surface area (Å²) in [6.45, 7) is -0.808. The van der Waals surface area contributed by atoms with Crippen LogP contribution in [0.2, 0.25) is 0 Å². The molecular weight excluding hydrogens is 376 g/mol. The van der Waals surface area contributed by atoms with E-state index in [1.807, 2.05) is 0 Å². The molecule has 29 heavy (non-hydrogen) atoms. The largest absolute Gasteiger partial charge is 0.465 e. The van der Waals surface area contributed by atoms with Gasteiger partial charge in [0.05, 0.1) is 12.7 Å². The van der Waals surface area contributed by atoms with Gasteiger partial charge in [0.15, 0.2) is 6.61 Å². The minimum atomic E-state index is -0.736. The fourth-order valence-electron chi connectivity index (χ4n) is 2.81. The van der Waals surface area contributed by atoms with Crippen LogP contribution in [0.1, 0.15) is 20.7 Å². The molecule has 8 nitrogen and oxygen atoms in total. The second kappa shape index (κ2) is 8.83. The third-order valence-corrected chi connectivity index (χ3v) is 4.15. The van der Waals surface area contributed by atoms with Crippen LogP contribution in [-0.4, -0.2) is 42.0 Å². The number of aromatic nitrogens is 1. The molecule has 3 rings (SSSR count). The highest BCUT2D eigenvalue weighted by atomic mass is 16.5. The number of imide groups is 1. The van der Waals surface area contributed by atoms with E-state index in [0.717, 1.165) is 0 Å².